The number of likely N-dealkylation sites (N-methyl/N-ethyl adjacent to an activating group) is 1. The van der Waals surface area contributed by atoms with E-state index in [-0.39, 0.29) is 224 Å². The summed E-state index contributed by atoms with van der Waals surface area (Å²) in [6.45, 7) is 22.5. The first-order chi connectivity index (χ1) is 65.5. The zero-order chi connectivity index (χ0) is 105. The molecule has 1 aromatic rings. The molecule has 45 nitrogen and oxygen atoms in total. The van der Waals surface area contributed by atoms with Crippen molar-refractivity contribution >= 4 is 136 Å². The molecule has 3 fully saturated rings. The molecule has 4 rings (SSSR count). The highest BCUT2D eigenvalue weighted by atomic mass is 16.5. The van der Waals surface area contributed by atoms with Crippen molar-refractivity contribution in [1.82, 2.24) is 78.5 Å². The summed E-state index contributed by atoms with van der Waals surface area (Å²) >= 11 is 0. The van der Waals surface area contributed by atoms with Crippen molar-refractivity contribution in [2.75, 3.05) is 84.1 Å². The number of benzene rings is 1. The molecule has 0 bridgehead atoms. The number of hydrogen-bond donors (Lipinski definition) is 17. The van der Waals surface area contributed by atoms with E-state index < -0.39 is 128 Å². The Morgan fingerprint density at radius 2 is 0.741 bits per heavy atom. The molecule has 3 aliphatic rings. The minimum Gasteiger partial charge on any atom is -0.463 e. The van der Waals surface area contributed by atoms with Gasteiger partial charge < -0.3 is 106 Å². The average molecular weight is 1920 g/mol. The van der Waals surface area contributed by atoms with Crippen molar-refractivity contribution in [3.8, 4) is 0 Å². The van der Waals surface area contributed by atoms with Crippen molar-refractivity contribution in [3.63, 3.8) is 0 Å². The summed E-state index contributed by atoms with van der Waals surface area (Å²) in [5, 5.41) is 34.1. The van der Waals surface area contributed by atoms with E-state index in [2.05, 4.69) is 73.9 Å². The lowest BCUT2D eigenvalue weighted by molar-refractivity contribution is -0.141. The topological polar surface area (TPSA) is 673 Å². The molecular formula is C90H150N20O25. The highest BCUT2D eigenvalue weighted by Crippen LogP contribution is 2.23. The van der Waals surface area contributed by atoms with Crippen LogP contribution in [-0.4, -0.2) is 272 Å². The van der Waals surface area contributed by atoms with Crippen LogP contribution in [-0.2, 0) is 107 Å². The van der Waals surface area contributed by atoms with Gasteiger partial charge in [-0.05, 0) is 146 Å². The monoisotopic (exact) mass is 1920 g/mol. The summed E-state index contributed by atoms with van der Waals surface area (Å²) < 4.78 is 43.9. The van der Waals surface area contributed by atoms with Crippen LogP contribution >= 0.6 is 0 Å². The molecule has 0 aromatic heterocycles. The molecule has 22 amide bonds. The van der Waals surface area contributed by atoms with E-state index in [4.69, 9.17) is 37.9 Å². The Labute approximate surface area is 795 Å². The smallest absolute Gasteiger partial charge is 0.312 e. The quantitative estimate of drug-likeness (QED) is 0.0247. The zero-order valence-electron chi connectivity index (χ0n) is 84.1. The minimum atomic E-state index is -1.16. The lowest BCUT2D eigenvalue weighted by atomic mass is 10.0. The number of nitrogens with one attached hydrogen (secondary N) is 13. The fraction of sp³-hybridized carbons (Fsp3) is 0.689. The number of urea groups is 4. The Balaban J connectivity index is 0.000000951. The minimum absolute atomic E-state index is 0.0863. The molecule has 1 aromatic carbocycles. The van der Waals surface area contributed by atoms with E-state index in [1.165, 1.54) is 14.7 Å². The molecule has 760 valence electrons. The molecule has 3 heterocycles. The van der Waals surface area contributed by atoms with Crippen molar-refractivity contribution in [2.45, 2.75) is 281 Å². The molecule has 3 unspecified atom stereocenters. The Hall–Kier alpha value is -12.2. The Bertz CT molecular complexity index is 4210. The van der Waals surface area contributed by atoms with Crippen LogP contribution < -0.4 is 92.1 Å². The van der Waals surface area contributed by atoms with Crippen LogP contribution in [0.1, 0.15) is 237 Å². The standard InChI is InChI=1S/C30H44N6O8.C23H39N5O8.C23H39N5O6.C14H28N4O3/c1-19(2)26(35-24(38)9-5-4-6-15-36-25(39)16-20(3)29(36)42)28(41)34-23(8-7-14-32-30(31)43)27(40)33-22-12-10-21(11-13-22)17-44-18-37;1-14(2)20(21(32)26-17(16(4)29)6-5-7-25-23(24)34)27-18(30)13-36-11-10-35-9-8-28-19(31)12-15(3)22(28)33;1-14(2)20(21(32)26-17(16(4)29)9-8-11-25-23(24)34)27-18(30)10-6-5-7-12-28-19(31)13-15(3)22(28)33;1-5-16-12(9(2)3)13(20)18-11(10(4)19)7-6-8-17-14(15)21/h10-13,18-20,23,26H,4-9,14-17H2,1-3H3,(H,33,40)(H,34,41)(H,35,38)(H3,31,32,43);14-15,17,20H,5-13H2,1-4H3,(H,26,32)(H,27,30)(H3,24,25,34);14-15,17,20H,5-13H2,1-4H3,(H,26,32)(H,27,30)(H3,24,25,34);9,11-12,16H,5-8H2,1-4H3,(H,18,20)(H3,15,17,21)/t20?,23-,26-;2*15?,17-,20-;11-,12-/m0000/s1/i18D;3*4D. The highest BCUT2D eigenvalue weighted by molar-refractivity contribution is 6.05. The van der Waals surface area contributed by atoms with Crippen LogP contribution in [0.5, 0.6) is 0 Å². The number of nitrogens with zero attached hydrogens (tertiary/aromatic N) is 3. The third kappa shape index (κ3) is 50.1. The van der Waals surface area contributed by atoms with Crippen LogP contribution in [0.4, 0.5) is 24.9 Å². The maximum absolute atomic E-state index is 13.3. The molecule has 135 heavy (non-hydrogen) atoms. The van der Waals surface area contributed by atoms with Gasteiger partial charge in [0.05, 0.1) is 50.5 Å². The maximum Gasteiger partial charge on any atom is 0.312 e. The van der Waals surface area contributed by atoms with Crippen LogP contribution in [0.15, 0.2) is 24.3 Å². The molecule has 11 atom stereocenters. The fourth-order valence-electron chi connectivity index (χ4n) is 13.8. The van der Waals surface area contributed by atoms with E-state index in [0.717, 1.165) is 0 Å². The number of anilines is 1. The summed E-state index contributed by atoms with van der Waals surface area (Å²) in [6.07, 6.45) is 5.86. The van der Waals surface area contributed by atoms with Gasteiger partial charge in [-0.2, -0.15) is 0 Å². The summed E-state index contributed by atoms with van der Waals surface area (Å²) in [7, 11) is 0. The Morgan fingerprint density at radius 3 is 1.06 bits per heavy atom. The number of ketones is 3. The lowest BCUT2D eigenvalue weighted by Crippen LogP contribution is -2.54. The normalized spacial score (nSPS) is 16.6. The van der Waals surface area contributed by atoms with Crippen molar-refractivity contribution in [2.24, 2.45) is 64.4 Å². The Morgan fingerprint density at radius 1 is 0.415 bits per heavy atom. The first-order valence-electron chi connectivity index (χ1n) is 48.3. The van der Waals surface area contributed by atoms with Gasteiger partial charge in [-0.3, -0.25) is 101 Å². The fourth-order valence-corrected chi connectivity index (χ4v) is 13.8. The number of carbonyl (C=O) groups is 22. The SMILES string of the molecule is [2H]C(=O)OCc1ccc(NC(=O)[C@H](CCCNC(N)=O)NC(=O)[C@@H](NC(=O)CCCCCN2C(=O)CC(C)C2=O)C(C)C)cc1.[2H]CC(=O)[C@H](CCCNC(N)=O)NC(=O)[C@@H](NC(=O)CCCCCN1C(=O)CC(C)C1=O)C(C)C.[2H]CC(=O)[C@H](CCCNC(N)=O)NC(=O)[C@@H](NC(=O)COCCOCCN1C(=O)CC(C)C1=O)C(C)C.[2H]CC(=O)[C@H](CCCNC(N)=O)NC(=O)[C@@H](NCC)C(C)C. The van der Waals surface area contributed by atoms with Crippen LogP contribution in [0, 0.1) is 41.4 Å². The van der Waals surface area contributed by atoms with E-state index in [1.807, 2.05) is 20.8 Å². The largest absolute Gasteiger partial charge is 0.463 e. The third-order valence-electron chi connectivity index (χ3n) is 21.4. The van der Waals surface area contributed by atoms with Crippen LogP contribution in [0.2, 0.25) is 0 Å². The van der Waals surface area contributed by atoms with E-state index in [9.17, 15) is 105 Å². The van der Waals surface area contributed by atoms with E-state index >= 15 is 0 Å². The van der Waals surface area contributed by atoms with Gasteiger partial charge in [0.15, 0.2) is 18.7 Å². The predicted molar refractivity (Wildman–Crippen MR) is 496 cm³/mol. The number of amides is 22. The number of unbranched alkanes of at least 4 members (excludes halogenated alkanes) is 4. The molecule has 3 saturated heterocycles. The molecular weight excluding hydrogens is 1760 g/mol. The number of likely N-dealkylation sites (tertiary alicyclic amines) is 3. The second kappa shape index (κ2) is 66.3. The summed E-state index contributed by atoms with van der Waals surface area (Å²) in [4.78, 5) is 267. The van der Waals surface area contributed by atoms with Gasteiger partial charge in [0.25, 0.3) is 6.45 Å². The molecule has 0 spiro atoms. The van der Waals surface area contributed by atoms with Gasteiger partial charge >= 0.3 is 24.1 Å². The number of nitrogens with two attached hydrogens (primary N) is 4. The van der Waals surface area contributed by atoms with Gasteiger partial charge in [0.2, 0.25) is 82.7 Å². The molecule has 0 aliphatic carbocycles. The number of carbonyl (C=O) groups excluding carboxylic acids is 22. The predicted octanol–water partition coefficient (Wildman–Crippen LogP) is 1.15. The molecule has 21 N–H and O–H groups in total. The Kier molecular flexibility index (Phi) is 55.6. The summed E-state index contributed by atoms with van der Waals surface area (Å²) in [5.74, 6) is -7.54. The van der Waals surface area contributed by atoms with Crippen molar-refractivity contribution in [3.05, 3.63) is 29.8 Å². The van der Waals surface area contributed by atoms with Crippen molar-refractivity contribution < 1.29 is 125 Å². The number of rotatable bonds is 60. The highest BCUT2D eigenvalue weighted by Gasteiger charge is 2.39. The first kappa shape index (κ1) is 113. The molecule has 45 heteroatoms. The van der Waals surface area contributed by atoms with Crippen LogP contribution in [0.3, 0.4) is 0 Å². The number of primary amides is 4. The third-order valence-corrected chi connectivity index (χ3v) is 21.4. The average Bonchev–Trinajstić information content (AvgIpc) is 1.76. The zero-order valence-corrected chi connectivity index (χ0v) is 80.1. The summed E-state index contributed by atoms with van der Waals surface area (Å²) in [5.41, 5.74) is 21.1. The van der Waals surface area contributed by atoms with Gasteiger partial charge in [-0.15, -0.1) is 0 Å². The molecule has 3 aliphatic heterocycles. The number of hydrogen-bond acceptors (Lipinski definition) is 26. The van der Waals surface area contributed by atoms with Gasteiger partial charge in [0, 0.05) is 98.9 Å². The van der Waals surface area contributed by atoms with Gasteiger partial charge in [0.1, 0.15) is 37.4 Å². The number of ether oxygens (including phenoxy) is 3. The van der Waals surface area contributed by atoms with Crippen molar-refractivity contribution in [1.29, 1.82) is 0 Å². The number of imide groups is 3. The second-order valence-electron chi connectivity index (χ2n) is 34.3. The number of Topliss-reactive ketones (excluding diaryl/α,β-unsaturated/α-hetero) is 3. The molecule has 0 saturated carbocycles. The van der Waals surface area contributed by atoms with Crippen LogP contribution in [0.25, 0.3) is 0 Å². The maximum atomic E-state index is 13.3. The van der Waals surface area contributed by atoms with E-state index in [0.29, 0.717) is 108 Å². The second-order valence-corrected chi connectivity index (χ2v) is 34.3. The molecule has 0 radical (unpaired) electrons. The lowest BCUT2D eigenvalue weighted by Gasteiger charge is -2.25. The van der Waals surface area contributed by atoms with Gasteiger partial charge in [-0.25, -0.2) is 19.2 Å². The summed E-state index contributed by atoms with van der Waals surface area (Å²) in [6, 6.07) is -2.98. The first-order valence-corrected chi connectivity index (χ1v) is 45.7. The van der Waals surface area contributed by atoms with E-state index in [1.54, 1.807) is 86.6 Å². The van der Waals surface area contributed by atoms with Gasteiger partial charge in [-0.1, -0.05) is 108 Å².